The van der Waals surface area contributed by atoms with E-state index in [4.69, 9.17) is 5.73 Å². The molecule has 0 bridgehead atoms. The van der Waals surface area contributed by atoms with Crippen molar-refractivity contribution in [2.45, 2.75) is 26.7 Å². The first-order chi connectivity index (χ1) is 10.5. The summed E-state index contributed by atoms with van der Waals surface area (Å²) in [4.78, 5) is 29.8. The molecule has 2 amide bonds. The van der Waals surface area contributed by atoms with E-state index in [0.717, 1.165) is 37.3 Å². The van der Waals surface area contributed by atoms with Gasteiger partial charge in [-0.25, -0.2) is 0 Å². The van der Waals surface area contributed by atoms with Gasteiger partial charge in [-0.3, -0.25) is 14.6 Å². The Balaban J connectivity index is 1.80. The number of carbonyl (C=O) groups excluding carboxylic acids is 2. The molecule has 1 fully saturated rings. The Kier molecular flexibility index (Phi) is 5.49. The van der Waals surface area contributed by atoms with Gasteiger partial charge in [-0.1, -0.05) is 0 Å². The zero-order chi connectivity index (χ0) is 16.1. The zero-order valence-corrected chi connectivity index (χ0v) is 13.3. The van der Waals surface area contributed by atoms with Gasteiger partial charge in [0.15, 0.2) is 0 Å². The predicted molar refractivity (Wildman–Crippen MR) is 84.4 cm³/mol. The van der Waals surface area contributed by atoms with E-state index in [0.29, 0.717) is 18.7 Å². The summed E-state index contributed by atoms with van der Waals surface area (Å²) in [6.07, 6.45) is 1.85. The number of hydrogen-bond donors (Lipinski definition) is 2. The second-order valence-corrected chi connectivity index (χ2v) is 5.94. The molecule has 6 nitrogen and oxygen atoms in total. The summed E-state index contributed by atoms with van der Waals surface area (Å²) in [5, 5.41) is 2.92. The molecule has 3 N–H and O–H groups in total. The van der Waals surface area contributed by atoms with Gasteiger partial charge in [-0.05, 0) is 45.4 Å². The van der Waals surface area contributed by atoms with Gasteiger partial charge in [-0.15, -0.1) is 0 Å². The van der Waals surface area contributed by atoms with Crippen LogP contribution in [0.25, 0.3) is 0 Å². The second kappa shape index (κ2) is 7.35. The molecule has 120 valence electrons. The molecular formula is C16H24N4O2. The van der Waals surface area contributed by atoms with Gasteiger partial charge < -0.3 is 16.0 Å². The van der Waals surface area contributed by atoms with Crippen molar-refractivity contribution in [1.29, 1.82) is 0 Å². The lowest BCUT2D eigenvalue weighted by Crippen LogP contribution is -2.44. The van der Waals surface area contributed by atoms with Gasteiger partial charge in [0.25, 0.3) is 5.91 Å². The average molecular weight is 304 g/mol. The molecule has 1 saturated heterocycles. The van der Waals surface area contributed by atoms with Crippen molar-refractivity contribution >= 4 is 11.8 Å². The van der Waals surface area contributed by atoms with Crippen molar-refractivity contribution < 1.29 is 9.59 Å². The zero-order valence-electron chi connectivity index (χ0n) is 13.3. The van der Waals surface area contributed by atoms with Gasteiger partial charge in [0.1, 0.15) is 0 Å². The van der Waals surface area contributed by atoms with Crippen molar-refractivity contribution in [3.8, 4) is 0 Å². The molecule has 1 aromatic rings. The van der Waals surface area contributed by atoms with E-state index in [9.17, 15) is 9.59 Å². The highest BCUT2D eigenvalue weighted by Crippen LogP contribution is 2.15. The third-order valence-electron chi connectivity index (χ3n) is 3.97. The number of aromatic nitrogens is 1. The Hall–Kier alpha value is -1.95. The second-order valence-electron chi connectivity index (χ2n) is 5.94. The normalized spacial score (nSPS) is 18.9. The van der Waals surface area contributed by atoms with Crippen LogP contribution < -0.4 is 11.1 Å². The quantitative estimate of drug-likeness (QED) is 0.835. The average Bonchev–Trinajstić information content (AvgIpc) is 2.46. The maximum atomic E-state index is 12.1. The number of carbonyl (C=O) groups is 2. The number of primary amides is 1. The van der Waals surface area contributed by atoms with E-state index in [2.05, 4.69) is 15.2 Å². The van der Waals surface area contributed by atoms with Crippen molar-refractivity contribution in [2.75, 3.05) is 26.2 Å². The fourth-order valence-electron chi connectivity index (χ4n) is 2.89. The van der Waals surface area contributed by atoms with E-state index < -0.39 is 0 Å². The first-order valence-electron chi connectivity index (χ1n) is 7.71. The first kappa shape index (κ1) is 16.4. The molecule has 1 aromatic heterocycles. The number of likely N-dealkylation sites (tertiary alicyclic amines) is 1. The molecule has 1 aliphatic rings. The smallest absolute Gasteiger partial charge is 0.251 e. The lowest BCUT2D eigenvalue weighted by Gasteiger charge is -2.31. The number of nitrogens with one attached hydrogen (secondary N) is 1. The van der Waals surface area contributed by atoms with Gasteiger partial charge >= 0.3 is 0 Å². The maximum absolute atomic E-state index is 12.1. The maximum Gasteiger partial charge on any atom is 0.251 e. The number of pyridine rings is 1. The van der Waals surface area contributed by atoms with Gasteiger partial charge in [0.05, 0.1) is 5.92 Å². The van der Waals surface area contributed by atoms with Crippen LogP contribution in [0.5, 0.6) is 0 Å². The highest BCUT2D eigenvalue weighted by Gasteiger charge is 2.23. The number of nitrogens with two attached hydrogens (primary N) is 1. The number of nitrogens with zero attached hydrogens (tertiary/aromatic N) is 2. The number of amides is 2. The van der Waals surface area contributed by atoms with Crippen LogP contribution in [-0.4, -0.2) is 47.9 Å². The van der Waals surface area contributed by atoms with Gasteiger partial charge in [0, 0.05) is 36.6 Å². The minimum absolute atomic E-state index is 0.0602. The van der Waals surface area contributed by atoms with E-state index in [1.165, 1.54) is 0 Å². The van der Waals surface area contributed by atoms with Crippen LogP contribution in [0.15, 0.2) is 12.1 Å². The molecule has 0 saturated carbocycles. The molecule has 0 aliphatic carbocycles. The van der Waals surface area contributed by atoms with E-state index in [1.54, 1.807) is 12.1 Å². The lowest BCUT2D eigenvalue weighted by molar-refractivity contribution is -0.123. The van der Waals surface area contributed by atoms with E-state index >= 15 is 0 Å². The van der Waals surface area contributed by atoms with Crippen LogP contribution >= 0.6 is 0 Å². The topological polar surface area (TPSA) is 88.3 Å². The molecule has 0 spiro atoms. The number of rotatable bonds is 5. The molecule has 1 atom stereocenters. The van der Waals surface area contributed by atoms with E-state index in [-0.39, 0.29) is 17.7 Å². The molecule has 1 unspecified atom stereocenters. The molecular weight excluding hydrogens is 280 g/mol. The Labute approximate surface area is 131 Å². The fraction of sp³-hybridized carbons (Fsp3) is 0.562. The van der Waals surface area contributed by atoms with Crippen LogP contribution in [0.3, 0.4) is 0 Å². The van der Waals surface area contributed by atoms with Crippen molar-refractivity contribution in [2.24, 2.45) is 11.7 Å². The highest BCUT2D eigenvalue weighted by atomic mass is 16.2. The molecule has 2 rings (SSSR count). The van der Waals surface area contributed by atoms with Gasteiger partial charge in [0.2, 0.25) is 5.91 Å². The van der Waals surface area contributed by atoms with E-state index in [1.807, 2.05) is 13.8 Å². The molecule has 1 aliphatic heterocycles. The van der Waals surface area contributed by atoms with Crippen LogP contribution in [0.2, 0.25) is 0 Å². The van der Waals surface area contributed by atoms with Crippen LogP contribution in [-0.2, 0) is 4.79 Å². The third kappa shape index (κ3) is 4.53. The summed E-state index contributed by atoms with van der Waals surface area (Å²) in [6.45, 7) is 6.69. The molecule has 6 heteroatoms. The summed E-state index contributed by atoms with van der Waals surface area (Å²) in [7, 11) is 0. The lowest BCUT2D eigenvalue weighted by atomic mass is 9.97. The van der Waals surface area contributed by atoms with Crippen molar-refractivity contribution in [3.63, 3.8) is 0 Å². The highest BCUT2D eigenvalue weighted by molar-refractivity contribution is 5.94. The third-order valence-corrected chi connectivity index (χ3v) is 3.97. The molecule has 22 heavy (non-hydrogen) atoms. The summed E-state index contributed by atoms with van der Waals surface area (Å²) in [6, 6.07) is 3.57. The van der Waals surface area contributed by atoms with Crippen LogP contribution in [0.1, 0.15) is 34.6 Å². The summed E-state index contributed by atoms with van der Waals surface area (Å²) >= 11 is 0. The largest absolute Gasteiger partial charge is 0.369 e. The summed E-state index contributed by atoms with van der Waals surface area (Å²) in [5.41, 5.74) is 7.68. The Morgan fingerprint density at radius 2 is 2.05 bits per heavy atom. The van der Waals surface area contributed by atoms with Crippen molar-refractivity contribution in [3.05, 3.63) is 29.1 Å². The van der Waals surface area contributed by atoms with Crippen LogP contribution in [0, 0.1) is 19.8 Å². The SMILES string of the molecule is Cc1cc(C(=O)NCCN2CCCC(C(N)=O)C2)cc(C)n1. The predicted octanol–water partition coefficient (Wildman–Crippen LogP) is 0.626. The molecule has 0 radical (unpaired) electrons. The molecule has 0 aromatic carbocycles. The number of hydrogen-bond acceptors (Lipinski definition) is 4. The first-order valence-corrected chi connectivity index (χ1v) is 7.71. The Morgan fingerprint density at radius 1 is 1.36 bits per heavy atom. The molecule has 2 heterocycles. The Morgan fingerprint density at radius 3 is 2.68 bits per heavy atom. The minimum atomic E-state index is -0.225. The van der Waals surface area contributed by atoms with Gasteiger partial charge in [-0.2, -0.15) is 0 Å². The monoisotopic (exact) mass is 304 g/mol. The number of aryl methyl sites for hydroxylation is 2. The number of piperidine rings is 1. The van der Waals surface area contributed by atoms with Crippen molar-refractivity contribution in [1.82, 2.24) is 15.2 Å². The Bertz CT molecular complexity index is 539. The summed E-state index contributed by atoms with van der Waals surface area (Å²) in [5.74, 6) is -0.372. The minimum Gasteiger partial charge on any atom is -0.369 e. The summed E-state index contributed by atoms with van der Waals surface area (Å²) < 4.78 is 0. The standard InChI is InChI=1S/C16H24N4O2/c1-11-8-14(9-12(2)19-11)16(22)18-5-7-20-6-3-4-13(10-20)15(17)21/h8-9,13H,3-7,10H2,1-2H3,(H2,17,21)(H,18,22). The fourth-order valence-corrected chi connectivity index (χ4v) is 2.89. The van der Waals surface area contributed by atoms with Crippen LogP contribution in [0.4, 0.5) is 0 Å².